The van der Waals surface area contributed by atoms with E-state index in [9.17, 15) is 14.7 Å². The van der Waals surface area contributed by atoms with Gasteiger partial charge in [-0.25, -0.2) is 9.59 Å². The number of rotatable bonds is 7. The van der Waals surface area contributed by atoms with Gasteiger partial charge in [-0.05, 0) is 26.7 Å². The van der Waals surface area contributed by atoms with Crippen LogP contribution in [0.25, 0.3) is 0 Å². The fourth-order valence-corrected chi connectivity index (χ4v) is 1.05. The molecule has 0 aromatic carbocycles. The number of carboxylic acid groups (broad SMARTS) is 2. The van der Waals surface area contributed by atoms with Crippen LogP contribution < -0.4 is 0 Å². The molecule has 0 amide bonds. The molecule has 0 heterocycles. The van der Waals surface area contributed by atoms with E-state index < -0.39 is 11.9 Å². The number of aliphatic carboxylic acids is 2. The molecular weight excluding hydrogens is 288 g/mol. The lowest BCUT2D eigenvalue weighted by molar-refractivity contribution is -0.133. The molecule has 0 aliphatic rings. The van der Waals surface area contributed by atoms with E-state index in [0.717, 1.165) is 19.3 Å². The van der Waals surface area contributed by atoms with Crippen molar-refractivity contribution in [1.82, 2.24) is 0 Å². The van der Waals surface area contributed by atoms with E-state index in [4.69, 9.17) is 15.3 Å². The van der Waals surface area contributed by atoms with Gasteiger partial charge in [0.2, 0.25) is 0 Å². The van der Waals surface area contributed by atoms with Crippen molar-refractivity contribution in [3.8, 4) is 0 Å². The van der Waals surface area contributed by atoms with Gasteiger partial charge in [0.1, 0.15) is 0 Å². The zero-order valence-electron chi connectivity index (χ0n) is 14.0. The van der Waals surface area contributed by atoms with Crippen LogP contribution in [0.3, 0.4) is 0 Å². The summed E-state index contributed by atoms with van der Waals surface area (Å²) >= 11 is 0. The maximum Gasteiger partial charge on any atom is 0.330 e. The fraction of sp³-hybridized carbons (Fsp3) is 0.625. The quantitative estimate of drug-likeness (QED) is 0.536. The average molecular weight is 318 g/mol. The van der Waals surface area contributed by atoms with Crippen molar-refractivity contribution in [3.63, 3.8) is 0 Å². The molecule has 0 aromatic heterocycles. The van der Waals surface area contributed by atoms with Crippen molar-refractivity contribution < 1.29 is 30.0 Å². The Balaban J connectivity index is -0.000000261. The Kier molecular flexibility index (Phi) is 18.1. The van der Waals surface area contributed by atoms with E-state index in [-0.39, 0.29) is 29.8 Å². The van der Waals surface area contributed by atoms with Gasteiger partial charge in [-0.1, -0.05) is 33.4 Å². The smallest absolute Gasteiger partial charge is 0.330 e. The second kappa shape index (κ2) is 15.7. The normalized spacial score (nSPS) is 11.7. The van der Waals surface area contributed by atoms with Crippen molar-refractivity contribution >= 4 is 11.9 Å². The highest BCUT2D eigenvalue weighted by Gasteiger charge is 2.14. The van der Waals surface area contributed by atoms with Gasteiger partial charge in [-0.2, -0.15) is 0 Å². The minimum absolute atomic E-state index is 0.0833. The Morgan fingerprint density at radius 3 is 1.45 bits per heavy atom. The molecule has 6 nitrogen and oxygen atoms in total. The minimum Gasteiger partial charge on any atom is -0.478 e. The van der Waals surface area contributed by atoms with Gasteiger partial charge in [0, 0.05) is 23.7 Å². The Bertz CT molecular complexity index is 297. The molecule has 6 heteroatoms. The summed E-state index contributed by atoms with van der Waals surface area (Å²) in [5.41, 5.74) is 0.352. The first-order valence-electron chi connectivity index (χ1n) is 7.11. The Morgan fingerprint density at radius 2 is 1.32 bits per heavy atom. The monoisotopic (exact) mass is 318 g/mol. The maximum absolute atomic E-state index is 9.60. The molecule has 0 saturated carbocycles. The number of aliphatic hydroxyl groups excluding tert-OH is 2. The van der Waals surface area contributed by atoms with Crippen LogP contribution in [0, 0.1) is 5.92 Å². The predicted octanol–water partition coefficient (Wildman–Crippen LogP) is 2.46. The maximum atomic E-state index is 9.60. The molecule has 4 N–H and O–H groups in total. The lowest BCUT2D eigenvalue weighted by Crippen LogP contribution is -2.22. The number of hydrogen-bond donors (Lipinski definition) is 4. The standard InChI is InChI=1S/C8H18O2.2C4H6O2/c1-3-5-8(10)7(4-2)6-9;2*1-3(2)4(5)6/h7-10H,3-6H2,1-2H3;2*1H2,2H3,(H,5,6). The van der Waals surface area contributed by atoms with Crippen LogP contribution in [-0.2, 0) is 9.59 Å². The molecule has 0 rings (SSSR count). The first kappa shape index (κ1) is 25.3. The van der Waals surface area contributed by atoms with Gasteiger partial charge in [0.15, 0.2) is 0 Å². The summed E-state index contributed by atoms with van der Waals surface area (Å²) in [7, 11) is 0. The zero-order valence-corrected chi connectivity index (χ0v) is 14.0. The third-order valence-electron chi connectivity index (χ3n) is 2.62. The molecule has 0 aromatic rings. The summed E-state index contributed by atoms with van der Waals surface area (Å²) in [5.74, 6) is -1.79. The molecule has 0 saturated heterocycles. The van der Waals surface area contributed by atoms with Gasteiger partial charge >= 0.3 is 11.9 Å². The van der Waals surface area contributed by atoms with Crippen LogP contribution >= 0.6 is 0 Å². The highest BCUT2D eigenvalue weighted by Crippen LogP contribution is 2.12. The van der Waals surface area contributed by atoms with Crippen molar-refractivity contribution in [3.05, 3.63) is 24.3 Å². The van der Waals surface area contributed by atoms with Crippen LogP contribution in [0.4, 0.5) is 0 Å². The van der Waals surface area contributed by atoms with Crippen LogP contribution in [0.2, 0.25) is 0 Å². The van der Waals surface area contributed by atoms with Gasteiger partial charge in [0.25, 0.3) is 0 Å². The summed E-state index contributed by atoms with van der Waals surface area (Å²) < 4.78 is 0. The van der Waals surface area contributed by atoms with Gasteiger partial charge in [0.05, 0.1) is 6.10 Å². The highest BCUT2D eigenvalue weighted by molar-refractivity contribution is 5.85. The Hall–Kier alpha value is -1.66. The van der Waals surface area contributed by atoms with E-state index in [1.165, 1.54) is 13.8 Å². The van der Waals surface area contributed by atoms with Crippen LogP contribution in [0.1, 0.15) is 47.0 Å². The summed E-state index contributed by atoms with van der Waals surface area (Å²) in [6.07, 6.45) is 2.34. The first-order valence-corrected chi connectivity index (χ1v) is 7.11. The molecule has 22 heavy (non-hydrogen) atoms. The number of hydrogen-bond acceptors (Lipinski definition) is 4. The SMILES string of the molecule is C=C(C)C(=O)O.C=C(C)C(=O)O.CCCC(O)C(CC)CO. The van der Waals surface area contributed by atoms with Gasteiger partial charge in [-0.15, -0.1) is 0 Å². The molecule has 2 atom stereocenters. The second-order valence-corrected chi connectivity index (χ2v) is 4.88. The minimum atomic E-state index is -0.935. The van der Waals surface area contributed by atoms with Crippen LogP contribution in [0.15, 0.2) is 24.3 Å². The molecule has 0 radical (unpaired) electrons. The molecule has 2 unspecified atom stereocenters. The molecule has 0 aliphatic heterocycles. The van der Waals surface area contributed by atoms with Crippen molar-refractivity contribution in [2.75, 3.05) is 6.61 Å². The van der Waals surface area contributed by atoms with Crippen molar-refractivity contribution in [2.24, 2.45) is 5.92 Å². The van der Waals surface area contributed by atoms with E-state index in [2.05, 4.69) is 13.2 Å². The van der Waals surface area contributed by atoms with E-state index in [1.807, 2.05) is 13.8 Å². The molecular formula is C16H30O6. The Morgan fingerprint density at radius 1 is 1.00 bits per heavy atom. The van der Waals surface area contributed by atoms with Crippen molar-refractivity contribution in [1.29, 1.82) is 0 Å². The van der Waals surface area contributed by atoms with Crippen molar-refractivity contribution in [2.45, 2.75) is 53.1 Å². The van der Waals surface area contributed by atoms with Crippen LogP contribution in [0.5, 0.6) is 0 Å². The number of carbonyl (C=O) groups is 2. The van der Waals surface area contributed by atoms with Gasteiger partial charge in [-0.3, -0.25) is 0 Å². The number of aliphatic hydroxyl groups is 2. The predicted molar refractivity (Wildman–Crippen MR) is 86.7 cm³/mol. The first-order chi connectivity index (χ1) is 10.0. The summed E-state index contributed by atoms with van der Waals surface area (Å²) in [6.45, 7) is 13.3. The lowest BCUT2D eigenvalue weighted by Gasteiger charge is -2.17. The third-order valence-corrected chi connectivity index (χ3v) is 2.62. The largest absolute Gasteiger partial charge is 0.478 e. The summed E-state index contributed by atoms with van der Waals surface area (Å²) in [6, 6.07) is 0. The highest BCUT2D eigenvalue weighted by atomic mass is 16.4. The van der Waals surface area contributed by atoms with Crippen LogP contribution in [-0.4, -0.2) is 45.1 Å². The topological polar surface area (TPSA) is 115 Å². The molecule has 0 spiro atoms. The fourth-order valence-electron chi connectivity index (χ4n) is 1.05. The van der Waals surface area contributed by atoms with E-state index in [0.29, 0.717) is 0 Å². The molecule has 0 aliphatic carbocycles. The zero-order chi connectivity index (χ0) is 18.3. The Labute approximate surface area is 132 Å². The summed E-state index contributed by atoms with van der Waals surface area (Å²) in [5, 5.41) is 33.9. The number of carboxylic acids is 2. The van der Waals surface area contributed by atoms with E-state index >= 15 is 0 Å². The average Bonchev–Trinajstić information content (AvgIpc) is 2.41. The summed E-state index contributed by atoms with van der Waals surface area (Å²) in [4.78, 5) is 19.2. The molecule has 0 fully saturated rings. The van der Waals surface area contributed by atoms with E-state index in [1.54, 1.807) is 0 Å². The second-order valence-electron chi connectivity index (χ2n) is 4.88. The lowest BCUT2D eigenvalue weighted by atomic mass is 9.97. The molecule has 130 valence electrons. The molecule has 0 bridgehead atoms. The van der Waals surface area contributed by atoms with Gasteiger partial charge < -0.3 is 20.4 Å². The third kappa shape index (κ3) is 18.3.